The molecule has 0 heterocycles. The molecule has 1 amide bonds. The van der Waals surface area contributed by atoms with Crippen molar-refractivity contribution in [2.45, 2.75) is 19.8 Å². The van der Waals surface area contributed by atoms with E-state index >= 15 is 0 Å². The van der Waals surface area contributed by atoms with E-state index in [0.29, 0.717) is 22.2 Å². The summed E-state index contributed by atoms with van der Waals surface area (Å²) in [5.41, 5.74) is 0.694. The molecular formula is C13H15Cl2NO3. The molecule has 0 fully saturated rings. The molecule has 0 aromatic heterocycles. The highest BCUT2D eigenvalue weighted by molar-refractivity contribution is 6.35. The molecule has 0 radical (unpaired) electrons. The van der Waals surface area contributed by atoms with Gasteiger partial charge in [-0.1, -0.05) is 29.3 Å². The van der Waals surface area contributed by atoms with Gasteiger partial charge in [-0.15, -0.1) is 0 Å². The monoisotopic (exact) mass is 303 g/mol. The van der Waals surface area contributed by atoms with Crippen LogP contribution in [0.25, 0.3) is 0 Å². The molecule has 0 bridgehead atoms. The van der Waals surface area contributed by atoms with Crippen LogP contribution in [0.5, 0.6) is 0 Å². The number of benzene rings is 1. The molecule has 0 unspecified atom stereocenters. The van der Waals surface area contributed by atoms with Gasteiger partial charge < -0.3 is 10.1 Å². The van der Waals surface area contributed by atoms with Gasteiger partial charge in [-0.25, -0.2) is 0 Å². The summed E-state index contributed by atoms with van der Waals surface area (Å²) >= 11 is 11.7. The van der Waals surface area contributed by atoms with Gasteiger partial charge in [-0.05, 0) is 24.6 Å². The van der Waals surface area contributed by atoms with Crippen molar-refractivity contribution in [2.75, 3.05) is 13.2 Å². The summed E-state index contributed by atoms with van der Waals surface area (Å²) in [5, 5.41) is 3.61. The SMILES string of the molecule is CCOC(=O)CCNC(=O)Cc1ccc(Cl)cc1Cl. The van der Waals surface area contributed by atoms with Crippen LogP contribution in [0.4, 0.5) is 0 Å². The summed E-state index contributed by atoms with van der Waals surface area (Å²) < 4.78 is 4.75. The highest BCUT2D eigenvalue weighted by Crippen LogP contribution is 2.21. The number of carbonyl (C=O) groups excluding carboxylic acids is 2. The van der Waals surface area contributed by atoms with Crippen LogP contribution in [0.3, 0.4) is 0 Å². The number of nitrogens with one attached hydrogen (secondary N) is 1. The summed E-state index contributed by atoms with van der Waals surface area (Å²) in [6.45, 7) is 2.33. The lowest BCUT2D eigenvalue weighted by Gasteiger charge is -2.06. The van der Waals surface area contributed by atoms with Gasteiger partial charge in [0.05, 0.1) is 19.4 Å². The van der Waals surface area contributed by atoms with Crippen molar-refractivity contribution >= 4 is 35.1 Å². The number of esters is 1. The van der Waals surface area contributed by atoms with Crippen molar-refractivity contribution in [3.63, 3.8) is 0 Å². The zero-order chi connectivity index (χ0) is 14.3. The van der Waals surface area contributed by atoms with Crippen LogP contribution in [0, 0.1) is 0 Å². The number of hydrogen-bond acceptors (Lipinski definition) is 3. The first-order valence-corrected chi connectivity index (χ1v) is 6.64. The van der Waals surface area contributed by atoms with Gasteiger partial charge in [-0.3, -0.25) is 9.59 Å². The van der Waals surface area contributed by atoms with Gasteiger partial charge in [-0.2, -0.15) is 0 Å². The maximum absolute atomic E-state index is 11.6. The molecule has 19 heavy (non-hydrogen) atoms. The first kappa shape index (κ1) is 15.8. The maximum Gasteiger partial charge on any atom is 0.307 e. The van der Waals surface area contributed by atoms with E-state index in [9.17, 15) is 9.59 Å². The third-order valence-electron chi connectivity index (χ3n) is 2.32. The fraction of sp³-hybridized carbons (Fsp3) is 0.385. The molecular weight excluding hydrogens is 289 g/mol. The topological polar surface area (TPSA) is 55.4 Å². The Hall–Kier alpha value is -1.26. The molecule has 104 valence electrons. The van der Waals surface area contributed by atoms with Crippen LogP contribution in [-0.2, 0) is 20.7 Å². The predicted octanol–water partition coefficient (Wildman–Crippen LogP) is 2.61. The summed E-state index contributed by atoms with van der Waals surface area (Å²) in [6.07, 6.45) is 0.312. The second-order valence-corrected chi connectivity index (χ2v) is 4.66. The Morgan fingerprint density at radius 1 is 1.32 bits per heavy atom. The zero-order valence-electron chi connectivity index (χ0n) is 10.5. The third kappa shape index (κ3) is 5.94. The van der Waals surface area contributed by atoms with Crippen molar-refractivity contribution < 1.29 is 14.3 Å². The van der Waals surface area contributed by atoms with Gasteiger partial charge in [0, 0.05) is 16.6 Å². The normalized spacial score (nSPS) is 10.1. The molecule has 0 aliphatic rings. The number of carbonyl (C=O) groups is 2. The first-order valence-electron chi connectivity index (χ1n) is 5.89. The number of rotatable bonds is 6. The smallest absolute Gasteiger partial charge is 0.307 e. The number of hydrogen-bond donors (Lipinski definition) is 1. The van der Waals surface area contributed by atoms with E-state index < -0.39 is 0 Å². The lowest BCUT2D eigenvalue weighted by molar-refractivity contribution is -0.143. The van der Waals surface area contributed by atoms with Gasteiger partial charge in [0.15, 0.2) is 0 Å². The van der Waals surface area contributed by atoms with Gasteiger partial charge in [0.1, 0.15) is 0 Å². The molecule has 0 saturated heterocycles. The highest BCUT2D eigenvalue weighted by Gasteiger charge is 2.08. The lowest BCUT2D eigenvalue weighted by atomic mass is 10.1. The largest absolute Gasteiger partial charge is 0.466 e. The highest BCUT2D eigenvalue weighted by atomic mass is 35.5. The van der Waals surface area contributed by atoms with Crippen molar-refractivity contribution in [3.8, 4) is 0 Å². The minimum Gasteiger partial charge on any atom is -0.466 e. The molecule has 1 aromatic rings. The van der Waals surface area contributed by atoms with E-state index in [-0.39, 0.29) is 31.3 Å². The maximum atomic E-state index is 11.6. The second-order valence-electron chi connectivity index (χ2n) is 3.82. The Bertz CT molecular complexity index is 463. The molecule has 4 nitrogen and oxygen atoms in total. The zero-order valence-corrected chi connectivity index (χ0v) is 12.1. The number of amides is 1. The Kier molecular flexibility index (Phi) is 6.67. The van der Waals surface area contributed by atoms with Gasteiger partial charge in [0.25, 0.3) is 0 Å². The van der Waals surface area contributed by atoms with E-state index in [1.54, 1.807) is 25.1 Å². The van der Waals surface area contributed by atoms with Crippen LogP contribution in [0.2, 0.25) is 10.0 Å². The molecule has 0 atom stereocenters. The minimum atomic E-state index is -0.327. The Balaban J connectivity index is 2.37. The molecule has 1 N–H and O–H groups in total. The quantitative estimate of drug-likeness (QED) is 0.822. The van der Waals surface area contributed by atoms with E-state index in [1.165, 1.54) is 0 Å². The Morgan fingerprint density at radius 2 is 2.05 bits per heavy atom. The summed E-state index contributed by atoms with van der Waals surface area (Å²) in [6, 6.07) is 4.97. The van der Waals surface area contributed by atoms with Crippen LogP contribution in [-0.4, -0.2) is 25.0 Å². The molecule has 0 aliphatic carbocycles. The van der Waals surface area contributed by atoms with Gasteiger partial charge >= 0.3 is 5.97 Å². The third-order valence-corrected chi connectivity index (χ3v) is 2.91. The van der Waals surface area contributed by atoms with E-state index in [4.69, 9.17) is 27.9 Å². The van der Waals surface area contributed by atoms with E-state index in [1.807, 2.05) is 0 Å². The summed E-state index contributed by atoms with van der Waals surface area (Å²) in [7, 11) is 0. The average Bonchev–Trinajstić information content (AvgIpc) is 2.33. The molecule has 0 saturated carbocycles. The standard InChI is InChI=1S/C13H15Cl2NO3/c1-2-19-13(18)5-6-16-12(17)7-9-3-4-10(14)8-11(9)15/h3-4,8H,2,5-7H2,1H3,(H,16,17). The average molecular weight is 304 g/mol. The van der Waals surface area contributed by atoms with Gasteiger partial charge in [0.2, 0.25) is 5.91 Å². The molecule has 6 heteroatoms. The molecule has 0 aliphatic heterocycles. The summed E-state index contributed by atoms with van der Waals surface area (Å²) in [5.74, 6) is -0.527. The summed E-state index contributed by atoms with van der Waals surface area (Å²) in [4.78, 5) is 22.7. The van der Waals surface area contributed by atoms with Crippen LogP contribution < -0.4 is 5.32 Å². The fourth-order valence-corrected chi connectivity index (χ4v) is 1.91. The Labute approximate surface area is 122 Å². The predicted molar refractivity (Wildman–Crippen MR) is 74.4 cm³/mol. The van der Waals surface area contributed by atoms with E-state index in [2.05, 4.69) is 5.32 Å². The number of halogens is 2. The minimum absolute atomic E-state index is 0.152. The van der Waals surface area contributed by atoms with Crippen molar-refractivity contribution in [3.05, 3.63) is 33.8 Å². The molecule has 0 spiro atoms. The molecule has 1 aromatic carbocycles. The van der Waals surface area contributed by atoms with Crippen molar-refractivity contribution in [2.24, 2.45) is 0 Å². The first-order chi connectivity index (χ1) is 9.02. The van der Waals surface area contributed by atoms with Crippen molar-refractivity contribution in [1.29, 1.82) is 0 Å². The van der Waals surface area contributed by atoms with Crippen molar-refractivity contribution in [1.82, 2.24) is 5.32 Å². The molecule has 1 rings (SSSR count). The Morgan fingerprint density at radius 3 is 2.68 bits per heavy atom. The van der Waals surface area contributed by atoms with Crippen LogP contribution in [0.15, 0.2) is 18.2 Å². The van der Waals surface area contributed by atoms with Crippen LogP contribution >= 0.6 is 23.2 Å². The second kappa shape index (κ2) is 8.02. The van der Waals surface area contributed by atoms with Crippen LogP contribution in [0.1, 0.15) is 18.9 Å². The number of ether oxygens (including phenoxy) is 1. The van der Waals surface area contributed by atoms with E-state index in [0.717, 1.165) is 0 Å². The fourth-order valence-electron chi connectivity index (χ4n) is 1.44. The lowest BCUT2D eigenvalue weighted by Crippen LogP contribution is -2.28.